The summed E-state index contributed by atoms with van der Waals surface area (Å²) < 4.78 is 1.93. The summed E-state index contributed by atoms with van der Waals surface area (Å²) in [5.41, 5.74) is 0.933. The molecule has 0 aliphatic heterocycles. The molecule has 2 aromatic heterocycles. The molecule has 0 aliphatic rings. The first-order valence-corrected chi connectivity index (χ1v) is 4.99. The number of nitrogens with zero attached hydrogens (tertiary/aromatic N) is 1. The van der Waals surface area contributed by atoms with E-state index in [-0.39, 0.29) is 0 Å². The van der Waals surface area contributed by atoms with E-state index in [1.165, 1.54) is 0 Å². The molecule has 1 N–H and O–H groups in total. The number of aromatic nitrogens is 1. The molecule has 0 bridgehead atoms. The third kappa shape index (κ3) is 1.53. The second-order valence-electron chi connectivity index (χ2n) is 2.96. The van der Waals surface area contributed by atoms with Gasteiger partial charge in [0.1, 0.15) is 6.10 Å². The molecule has 2 heterocycles. The van der Waals surface area contributed by atoms with Gasteiger partial charge in [0.05, 0.1) is 5.69 Å². The van der Waals surface area contributed by atoms with Crippen molar-refractivity contribution in [2.75, 3.05) is 0 Å². The van der Waals surface area contributed by atoms with Crippen molar-refractivity contribution in [3.05, 3.63) is 46.4 Å². The Bertz CT molecular complexity index is 377. The van der Waals surface area contributed by atoms with Crippen LogP contribution >= 0.6 is 11.3 Å². The van der Waals surface area contributed by atoms with Crippen molar-refractivity contribution in [2.45, 2.75) is 6.10 Å². The first-order valence-electron chi connectivity index (χ1n) is 4.12. The summed E-state index contributed by atoms with van der Waals surface area (Å²) in [5.74, 6) is 0. The molecule has 0 aromatic carbocycles. The summed E-state index contributed by atoms with van der Waals surface area (Å²) in [6.07, 6.45) is 1.45. The molecule has 0 unspecified atom stereocenters. The van der Waals surface area contributed by atoms with Crippen LogP contribution in [0, 0.1) is 0 Å². The van der Waals surface area contributed by atoms with Crippen molar-refractivity contribution < 1.29 is 5.11 Å². The second kappa shape index (κ2) is 3.36. The largest absolute Gasteiger partial charge is 0.381 e. The predicted molar refractivity (Wildman–Crippen MR) is 53.8 cm³/mol. The summed E-state index contributed by atoms with van der Waals surface area (Å²) in [4.78, 5) is 0.988. The monoisotopic (exact) mass is 193 g/mol. The zero-order valence-electron chi connectivity index (χ0n) is 7.34. The number of hydrogen-bond acceptors (Lipinski definition) is 2. The van der Waals surface area contributed by atoms with E-state index in [9.17, 15) is 5.11 Å². The van der Waals surface area contributed by atoms with Crippen LogP contribution in [0.4, 0.5) is 0 Å². The standard InChI is InChI=1S/C10H11NOS/c1-11-6-2-4-8(11)10(12)9-5-3-7-13-9/h2-7,10,12H,1H3/t10-/m0/s1. The van der Waals surface area contributed by atoms with Crippen LogP contribution in [0.3, 0.4) is 0 Å². The van der Waals surface area contributed by atoms with Gasteiger partial charge in [-0.15, -0.1) is 11.3 Å². The van der Waals surface area contributed by atoms with E-state index in [0.717, 1.165) is 10.6 Å². The molecular formula is C10H11NOS. The van der Waals surface area contributed by atoms with Crippen molar-refractivity contribution in [1.82, 2.24) is 4.57 Å². The van der Waals surface area contributed by atoms with E-state index in [0.29, 0.717) is 0 Å². The SMILES string of the molecule is Cn1cccc1[C@H](O)c1cccs1. The lowest BCUT2D eigenvalue weighted by atomic mass is 10.2. The minimum absolute atomic E-state index is 0.486. The lowest BCUT2D eigenvalue weighted by Crippen LogP contribution is -2.02. The zero-order valence-corrected chi connectivity index (χ0v) is 8.16. The van der Waals surface area contributed by atoms with Crippen LogP contribution in [-0.4, -0.2) is 9.67 Å². The fraction of sp³-hybridized carbons (Fsp3) is 0.200. The van der Waals surface area contributed by atoms with E-state index in [2.05, 4.69) is 0 Å². The maximum absolute atomic E-state index is 9.94. The second-order valence-corrected chi connectivity index (χ2v) is 3.94. The van der Waals surface area contributed by atoms with Gasteiger partial charge in [-0.25, -0.2) is 0 Å². The van der Waals surface area contributed by atoms with Crippen molar-refractivity contribution in [1.29, 1.82) is 0 Å². The van der Waals surface area contributed by atoms with Gasteiger partial charge in [-0.05, 0) is 23.6 Å². The van der Waals surface area contributed by atoms with Gasteiger partial charge in [0.2, 0.25) is 0 Å². The highest BCUT2D eigenvalue weighted by Crippen LogP contribution is 2.25. The maximum atomic E-state index is 9.94. The average molecular weight is 193 g/mol. The first-order chi connectivity index (χ1) is 6.29. The van der Waals surface area contributed by atoms with Gasteiger partial charge in [0, 0.05) is 18.1 Å². The molecule has 3 heteroatoms. The first kappa shape index (κ1) is 8.53. The number of aliphatic hydroxyl groups is 1. The molecule has 0 spiro atoms. The summed E-state index contributed by atoms with van der Waals surface area (Å²) >= 11 is 1.57. The van der Waals surface area contributed by atoms with E-state index < -0.39 is 6.10 Å². The Morgan fingerprint density at radius 2 is 2.23 bits per heavy atom. The van der Waals surface area contributed by atoms with Gasteiger partial charge in [-0.3, -0.25) is 0 Å². The van der Waals surface area contributed by atoms with Crippen LogP contribution < -0.4 is 0 Å². The van der Waals surface area contributed by atoms with E-state index in [1.54, 1.807) is 11.3 Å². The number of thiophene rings is 1. The van der Waals surface area contributed by atoms with Crippen molar-refractivity contribution in [2.24, 2.45) is 7.05 Å². The van der Waals surface area contributed by atoms with Crippen LogP contribution in [-0.2, 0) is 7.05 Å². The fourth-order valence-corrected chi connectivity index (χ4v) is 2.07. The number of rotatable bonds is 2. The molecule has 0 saturated heterocycles. The lowest BCUT2D eigenvalue weighted by Gasteiger charge is -2.09. The molecule has 2 nitrogen and oxygen atoms in total. The molecule has 0 saturated carbocycles. The van der Waals surface area contributed by atoms with Crippen LogP contribution in [0.1, 0.15) is 16.7 Å². The van der Waals surface area contributed by atoms with E-state index >= 15 is 0 Å². The minimum Gasteiger partial charge on any atom is -0.381 e. The summed E-state index contributed by atoms with van der Waals surface area (Å²) in [7, 11) is 1.94. The van der Waals surface area contributed by atoms with Gasteiger partial charge >= 0.3 is 0 Å². The third-order valence-electron chi connectivity index (χ3n) is 2.08. The predicted octanol–water partition coefficient (Wildman–Crippen LogP) is 2.17. The molecule has 0 amide bonds. The molecule has 68 valence electrons. The Morgan fingerprint density at radius 1 is 1.38 bits per heavy atom. The highest BCUT2D eigenvalue weighted by atomic mass is 32.1. The van der Waals surface area contributed by atoms with Gasteiger partial charge in [0.25, 0.3) is 0 Å². The highest BCUT2D eigenvalue weighted by Gasteiger charge is 2.13. The Morgan fingerprint density at radius 3 is 2.77 bits per heavy atom. The van der Waals surface area contributed by atoms with Crippen molar-refractivity contribution in [3.63, 3.8) is 0 Å². The number of aryl methyl sites for hydroxylation is 1. The summed E-state index contributed by atoms with van der Waals surface area (Å²) in [5, 5.41) is 11.9. The van der Waals surface area contributed by atoms with Gasteiger partial charge in [-0.1, -0.05) is 6.07 Å². The Kier molecular flexibility index (Phi) is 2.20. The smallest absolute Gasteiger partial charge is 0.128 e. The quantitative estimate of drug-likeness (QED) is 0.777. The molecule has 2 aromatic rings. The average Bonchev–Trinajstić information content (AvgIpc) is 2.72. The Hall–Kier alpha value is -1.06. The minimum atomic E-state index is -0.486. The summed E-state index contributed by atoms with van der Waals surface area (Å²) in [6.45, 7) is 0. The normalized spacial score (nSPS) is 13.1. The van der Waals surface area contributed by atoms with Crippen LogP contribution in [0.15, 0.2) is 35.8 Å². The Balaban J connectivity index is 2.33. The summed E-state index contributed by atoms with van der Waals surface area (Å²) in [6, 6.07) is 7.77. The highest BCUT2D eigenvalue weighted by molar-refractivity contribution is 7.10. The molecule has 0 fully saturated rings. The molecule has 2 rings (SSSR count). The number of hydrogen-bond donors (Lipinski definition) is 1. The number of aliphatic hydroxyl groups excluding tert-OH is 1. The Labute approximate surface area is 81.1 Å². The van der Waals surface area contributed by atoms with Crippen molar-refractivity contribution >= 4 is 11.3 Å². The van der Waals surface area contributed by atoms with Crippen LogP contribution in [0.5, 0.6) is 0 Å². The fourth-order valence-electron chi connectivity index (χ4n) is 1.35. The molecule has 1 atom stereocenters. The topological polar surface area (TPSA) is 25.2 Å². The lowest BCUT2D eigenvalue weighted by molar-refractivity contribution is 0.215. The third-order valence-corrected chi connectivity index (χ3v) is 3.00. The van der Waals surface area contributed by atoms with Crippen LogP contribution in [0.2, 0.25) is 0 Å². The molecule has 0 aliphatic carbocycles. The van der Waals surface area contributed by atoms with Gasteiger partial charge in [-0.2, -0.15) is 0 Å². The van der Waals surface area contributed by atoms with Gasteiger partial charge < -0.3 is 9.67 Å². The molecular weight excluding hydrogens is 182 g/mol. The van der Waals surface area contributed by atoms with E-state index in [4.69, 9.17) is 0 Å². The maximum Gasteiger partial charge on any atom is 0.128 e. The molecule has 0 radical (unpaired) electrons. The van der Waals surface area contributed by atoms with Gasteiger partial charge in [0.15, 0.2) is 0 Å². The van der Waals surface area contributed by atoms with E-state index in [1.807, 2.05) is 47.5 Å². The zero-order chi connectivity index (χ0) is 9.26. The molecule has 13 heavy (non-hydrogen) atoms. The van der Waals surface area contributed by atoms with Crippen LogP contribution in [0.25, 0.3) is 0 Å². The van der Waals surface area contributed by atoms with Crippen molar-refractivity contribution in [3.8, 4) is 0 Å².